The second kappa shape index (κ2) is 6.84. The fourth-order valence-corrected chi connectivity index (χ4v) is 3.16. The Hall–Kier alpha value is -3.03. The lowest BCUT2D eigenvalue weighted by atomic mass is 10.0. The van der Waals surface area contributed by atoms with E-state index in [-0.39, 0.29) is 11.6 Å². The molecule has 1 fully saturated rings. The van der Waals surface area contributed by atoms with E-state index in [1.54, 1.807) is 17.1 Å². The van der Waals surface area contributed by atoms with Gasteiger partial charge in [-0.15, -0.1) is 5.10 Å². The maximum absolute atomic E-state index is 12.3. The van der Waals surface area contributed by atoms with Crippen LogP contribution in [-0.4, -0.2) is 36.1 Å². The molecule has 0 radical (unpaired) electrons. The lowest BCUT2D eigenvalue weighted by Gasteiger charge is -2.03. The second-order valence-corrected chi connectivity index (χ2v) is 6.27. The molecule has 1 aliphatic carbocycles. The molecule has 0 unspecified atom stereocenters. The van der Waals surface area contributed by atoms with Gasteiger partial charge in [-0.3, -0.25) is 14.9 Å². The number of hydrogen-bond acceptors (Lipinski definition) is 5. The summed E-state index contributed by atoms with van der Waals surface area (Å²) in [5.74, 6) is 0.723. The van der Waals surface area contributed by atoms with Crippen LogP contribution in [0.1, 0.15) is 53.5 Å². The summed E-state index contributed by atoms with van der Waals surface area (Å²) in [5.41, 5.74) is 2.20. The molecule has 0 saturated heterocycles. The number of pyridine rings is 1. The first-order valence-electron chi connectivity index (χ1n) is 8.44. The van der Waals surface area contributed by atoms with Gasteiger partial charge in [-0.1, -0.05) is 24.1 Å². The smallest absolute Gasteiger partial charge is 0.279 e. The summed E-state index contributed by atoms with van der Waals surface area (Å²) >= 11 is 0. The van der Waals surface area contributed by atoms with E-state index in [4.69, 9.17) is 0 Å². The summed E-state index contributed by atoms with van der Waals surface area (Å²) in [7, 11) is 0. The minimum absolute atomic E-state index is 0.251. The molecule has 3 aromatic heterocycles. The van der Waals surface area contributed by atoms with Gasteiger partial charge >= 0.3 is 0 Å². The molecule has 0 spiro atoms. The van der Waals surface area contributed by atoms with Gasteiger partial charge in [0, 0.05) is 23.9 Å². The van der Waals surface area contributed by atoms with Crippen molar-refractivity contribution >= 4 is 11.7 Å². The number of carbonyl (C=O) groups is 1. The molecule has 0 aliphatic heterocycles. The molecule has 128 valence electrons. The van der Waals surface area contributed by atoms with E-state index in [1.165, 1.54) is 25.7 Å². The standard InChI is InChI=1S/C17H19N7O/c25-17(19-16-9-14(20-22-16)12-5-1-2-6-12)15-11-24(23-21-15)10-13-7-3-4-8-18-13/h3-4,7-9,11-12H,1-2,5-6,10H2,(H2,19,20,22,25). The third-order valence-electron chi connectivity index (χ3n) is 4.46. The zero-order chi connectivity index (χ0) is 17.1. The summed E-state index contributed by atoms with van der Waals surface area (Å²) in [4.78, 5) is 16.5. The Morgan fingerprint density at radius 2 is 2.20 bits per heavy atom. The number of nitrogens with zero attached hydrogens (tertiary/aromatic N) is 5. The van der Waals surface area contributed by atoms with Crippen molar-refractivity contribution in [1.82, 2.24) is 30.2 Å². The quantitative estimate of drug-likeness (QED) is 0.744. The minimum atomic E-state index is -0.322. The highest BCUT2D eigenvalue weighted by Crippen LogP contribution is 2.33. The second-order valence-electron chi connectivity index (χ2n) is 6.27. The van der Waals surface area contributed by atoms with Crippen molar-refractivity contribution in [2.75, 3.05) is 5.32 Å². The lowest BCUT2D eigenvalue weighted by molar-refractivity contribution is 0.102. The highest BCUT2D eigenvalue weighted by molar-refractivity contribution is 6.02. The number of nitrogens with one attached hydrogen (secondary N) is 2. The van der Waals surface area contributed by atoms with Crippen molar-refractivity contribution in [3.8, 4) is 0 Å². The molecule has 3 aromatic rings. The van der Waals surface area contributed by atoms with Crippen LogP contribution < -0.4 is 5.32 Å². The van der Waals surface area contributed by atoms with Gasteiger partial charge in [0.1, 0.15) is 0 Å². The third kappa shape index (κ3) is 3.57. The molecule has 0 atom stereocenters. The van der Waals surface area contributed by atoms with Gasteiger partial charge in [0.15, 0.2) is 11.5 Å². The molecule has 8 heteroatoms. The SMILES string of the molecule is O=C(Nc1cc(C2CCCC2)[nH]n1)c1cn(Cc2ccccn2)nn1. The largest absolute Gasteiger partial charge is 0.304 e. The van der Waals surface area contributed by atoms with Gasteiger partial charge in [-0.2, -0.15) is 5.10 Å². The van der Waals surface area contributed by atoms with Crippen molar-refractivity contribution < 1.29 is 4.79 Å². The average molecular weight is 337 g/mol. The molecule has 1 amide bonds. The highest BCUT2D eigenvalue weighted by Gasteiger charge is 2.20. The Balaban J connectivity index is 1.40. The predicted octanol–water partition coefficient (Wildman–Crippen LogP) is 2.35. The number of aromatic nitrogens is 6. The maximum Gasteiger partial charge on any atom is 0.279 e. The maximum atomic E-state index is 12.3. The van der Waals surface area contributed by atoms with E-state index in [2.05, 4.69) is 30.8 Å². The van der Waals surface area contributed by atoms with Gasteiger partial charge < -0.3 is 5.32 Å². The molecule has 8 nitrogen and oxygen atoms in total. The van der Waals surface area contributed by atoms with Crippen molar-refractivity contribution in [3.63, 3.8) is 0 Å². The van der Waals surface area contributed by atoms with Gasteiger partial charge in [0.25, 0.3) is 5.91 Å². The molecule has 0 aromatic carbocycles. The molecule has 2 N–H and O–H groups in total. The number of anilines is 1. The molecule has 25 heavy (non-hydrogen) atoms. The van der Waals surface area contributed by atoms with E-state index in [9.17, 15) is 4.79 Å². The van der Waals surface area contributed by atoms with Crippen molar-refractivity contribution in [1.29, 1.82) is 0 Å². The van der Waals surface area contributed by atoms with Crippen molar-refractivity contribution in [3.05, 3.63) is 53.7 Å². The molecular weight excluding hydrogens is 318 g/mol. The number of amides is 1. The summed E-state index contributed by atoms with van der Waals surface area (Å²) < 4.78 is 1.59. The van der Waals surface area contributed by atoms with Gasteiger partial charge in [0.2, 0.25) is 0 Å². The monoisotopic (exact) mass is 337 g/mol. The van der Waals surface area contributed by atoms with Gasteiger partial charge in [-0.25, -0.2) is 4.68 Å². The molecule has 1 aliphatic rings. The molecule has 1 saturated carbocycles. The fraction of sp³-hybridized carbons (Fsp3) is 0.353. The Morgan fingerprint density at radius 1 is 1.32 bits per heavy atom. The number of H-pyrrole nitrogens is 1. The third-order valence-corrected chi connectivity index (χ3v) is 4.46. The van der Waals surface area contributed by atoms with Crippen LogP contribution in [-0.2, 0) is 6.54 Å². The molecule has 4 rings (SSSR count). The number of rotatable bonds is 5. The van der Waals surface area contributed by atoms with Crippen molar-refractivity contribution in [2.45, 2.75) is 38.1 Å². The van der Waals surface area contributed by atoms with Crippen LogP contribution in [0.25, 0.3) is 0 Å². The summed E-state index contributed by atoms with van der Waals surface area (Å²) in [6, 6.07) is 7.57. The minimum Gasteiger partial charge on any atom is -0.304 e. The van der Waals surface area contributed by atoms with Crippen LogP contribution in [0.3, 0.4) is 0 Å². The topological polar surface area (TPSA) is 101 Å². The Bertz CT molecular complexity index is 849. The highest BCUT2D eigenvalue weighted by atomic mass is 16.2. The normalized spacial score (nSPS) is 14.7. The van der Waals surface area contributed by atoms with Crippen LogP contribution in [0, 0.1) is 0 Å². The first-order valence-corrected chi connectivity index (χ1v) is 8.44. The van der Waals surface area contributed by atoms with E-state index in [0.717, 1.165) is 11.4 Å². The van der Waals surface area contributed by atoms with E-state index in [1.807, 2.05) is 24.3 Å². The first-order chi connectivity index (χ1) is 12.3. The summed E-state index contributed by atoms with van der Waals surface area (Å²) in [5, 5.41) is 17.9. The predicted molar refractivity (Wildman–Crippen MR) is 91.1 cm³/mol. The van der Waals surface area contributed by atoms with Crippen LogP contribution in [0.2, 0.25) is 0 Å². The summed E-state index contributed by atoms with van der Waals surface area (Å²) in [6.07, 6.45) is 8.19. The van der Waals surface area contributed by atoms with Gasteiger partial charge in [0.05, 0.1) is 18.4 Å². The Morgan fingerprint density at radius 3 is 3.00 bits per heavy atom. The molecular formula is C17H19N7O. The van der Waals surface area contributed by atoms with Crippen molar-refractivity contribution in [2.24, 2.45) is 0 Å². The fourth-order valence-electron chi connectivity index (χ4n) is 3.16. The average Bonchev–Trinajstić information content (AvgIpc) is 3.37. The Kier molecular flexibility index (Phi) is 4.24. The van der Waals surface area contributed by atoms with Crippen LogP contribution >= 0.6 is 0 Å². The lowest BCUT2D eigenvalue weighted by Crippen LogP contribution is -2.12. The first kappa shape index (κ1) is 15.5. The van der Waals surface area contributed by atoms with Gasteiger partial charge in [-0.05, 0) is 25.0 Å². The zero-order valence-electron chi connectivity index (χ0n) is 13.7. The number of aromatic amines is 1. The van der Waals surface area contributed by atoms with E-state index in [0.29, 0.717) is 18.3 Å². The van der Waals surface area contributed by atoms with Crippen LogP contribution in [0.15, 0.2) is 36.7 Å². The van der Waals surface area contributed by atoms with E-state index >= 15 is 0 Å². The molecule has 0 bridgehead atoms. The van der Waals surface area contributed by atoms with E-state index < -0.39 is 0 Å². The number of carbonyl (C=O) groups excluding carboxylic acids is 1. The zero-order valence-corrected chi connectivity index (χ0v) is 13.7. The Labute approximate surface area is 144 Å². The molecule has 3 heterocycles. The van der Waals surface area contributed by atoms with Crippen LogP contribution in [0.4, 0.5) is 5.82 Å². The number of hydrogen-bond donors (Lipinski definition) is 2. The summed E-state index contributed by atoms with van der Waals surface area (Å²) in [6.45, 7) is 0.468. The van der Waals surface area contributed by atoms with Crippen LogP contribution in [0.5, 0.6) is 0 Å².